The molecule has 6 nitrogen and oxygen atoms in total. The number of imide groups is 1. The second kappa shape index (κ2) is 10.9. The lowest BCUT2D eigenvalue weighted by Crippen LogP contribution is -2.34. The maximum Gasteiger partial charge on any atom is 0.387 e. The molecule has 0 bridgehead atoms. The highest BCUT2D eigenvalue weighted by molar-refractivity contribution is 9.10. The van der Waals surface area contributed by atoms with Gasteiger partial charge < -0.3 is 9.47 Å². The summed E-state index contributed by atoms with van der Waals surface area (Å²) in [6.45, 7) is -1.68. The molecule has 2 rings (SSSR count). The molecule has 10 heteroatoms. The molecule has 0 aliphatic heterocycles. The summed E-state index contributed by atoms with van der Waals surface area (Å²) in [5.41, 5.74) is 1.05. The van der Waals surface area contributed by atoms with Gasteiger partial charge in [0.1, 0.15) is 5.75 Å². The smallest absolute Gasteiger partial charge is 0.387 e. The van der Waals surface area contributed by atoms with Crippen LogP contribution >= 0.6 is 27.7 Å². The van der Waals surface area contributed by atoms with E-state index in [1.807, 2.05) is 30.4 Å². The van der Waals surface area contributed by atoms with Crippen LogP contribution in [0.5, 0.6) is 5.75 Å². The van der Waals surface area contributed by atoms with Crippen LogP contribution in [0.1, 0.15) is 15.9 Å². The van der Waals surface area contributed by atoms with Crippen molar-refractivity contribution in [3.05, 3.63) is 58.1 Å². The fraction of sp³-hybridized carbons (Fsp3) is 0.211. The molecule has 2 aromatic rings. The molecule has 1 N–H and O–H groups in total. The van der Waals surface area contributed by atoms with Crippen molar-refractivity contribution >= 4 is 45.5 Å². The number of thioether (sulfide) groups is 1. The van der Waals surface area contributed by atoms with Gasteiger partial charge in [0.2, 0.25) is 0 Å². The average Bonchev–Trinajstić information content (AvgIpc) is 2.65. The number of rotatable bonds is 8. The van der Waals surface area contributed by atoms with Gasteiger partial charge in [-0.1, -0.05) is 15.9 Å². The molecule has 0 spiro atoms. The van der Waals surface area contributed by atoms with Crippen LogP contribution in [0.15, 0.2) is 51.8 Å². The van der Waals surface area contributed by atoms with E-state index in [1.165, 1.54) is 36.0 Å². The molecule has 2 amide bonds. The van der Waals surface area contributed by atoms with Crippen molar-refractivity contribution in [1.82, 2.24) is 5.32 Å². The predicted molar refractivity (Wildman–Crippen MR) is 106 cm³/mol. The van der Waals surface area contributed by atoms with E-state index in [1.54, 1.807) is 0 Å². The number of halogens is 3. The molecule has 0 fully saturated rings. The van der Waals surface area contributed by atoms with Gasteiger partial charge in [-0.2, -0.15) is 8.78 Å². The van der Waals surface area contributed by atoms with Gasteiger partial charge in [-0.05, 0) is 55.0 Å². The summed E-state index contributed by atoms with van der Waals surface area (Å²) in [5.74, 6) is -2.27. The van der Waals surface area contributed by atoms with Crippen molar-refractivity contribution in [2.24, 2.45) is 0 Å². The Kier molecular flexibility index (Phi) is 8.59. The van der Waals surface area contributed by atoms with E-state index in [2.05, 4.69) is 20.7 Å². The van der Waals surface area contributed by atoms with E-state index >= 15 is 0 Å². The first-order valence-corrected chi connectivity index (χ1v) is 9.96. The lowest BCUT2D eigenvalue weighted by Gasteiger charge is -2.08. The fourth-order valence-electron chi connectivity index (χ4n) is 2.12. The topological polar surface area (TPSA) is 81.7 Å². The zero-order valence-corrected chi connectivity index (χ0v) is 17.5. The monoisotopic (exact) mass is 487 g/mol. The van der Waals surface area contributed by atoms with Crippen LogP contribution in [0.2, 0.25) is 0 Å². The summed E-state index contributed by atoms with van der Waals surface area (Å²) in [4.78, 5) is 36.4. The number of carbonyl (C=O) groups excluding carboxylic acids is 3. The number of amides is 2. The zero-order valence-electron chi connectivity index (χ0n) is 15.1. The molecule has 0 atom stereocenters. The third-order valence-electron chi connectivity index (χ3n) is 3.44. The Hall–Kier alpha value is -2.46. The Morgan fingerprint density at radius 2 is 1.83 bits per heavy atom. The minimum Gasteiger partial charge on any atom is -0.455 e. The molecular weight excluding hydrogens is 472 g/mol. The number of alkyl halides is 2. The summed E-state index contributed by atoms with van der Waals surface area (Å²) < 4.78 is 34.1. The van der Waals surface area contributed by atoms with Gasteiger partial charge in [0.25, 0.3) is 11.8 Å². The third-order valence-corrected chi connectivity index (χ3v) is 5.08. The quantitative estimate of drug-likeness (QED) is 0.448. The maximum atomic E-state index is 12.1. The Bertz CT molecular complexity index is 893. The summed E-state index contributed by atoms with van der Waals surface area (Å²) in [7, 11) is 0. The van der Waals surface area contributed by atoms with Crippen LogP contribution in [-0.4, -0.2) is 36.8 Å². The highest BCUT2D eigenvalue weighted by Crippen LogP contribution is 2.25. The number of aryl methyl sites for hydroxylation is 1. The number of carbonyl (C=O) groups is 3. The van der Waals surface area contributed by atoms with E-state index in [0.29, 0.717) is 0 Å². The van der Waals surface area contributed by atoms with E-state index in [4.69, 9.17) is 4.74 Å². The zero-order chi connectivity index (χ0) is 21.4. The molecule has 0 saturated carbocycles. The summed E-state index contributed by atoms with van der Waals surface area (Å²) in [6, 6.07) is 10.4. The number of nitrogens with one attached hydrogen (secondary N) is 1. The van der Waals surface area contributed by atoms with Crippen LogP contribution in [0.25, 0.3) is 0 Å². The van der Waals surface area contributed by atoms with Gasteiger partial charge >= 0.3 is 12.6 Å². The summed E-state index contributed by atoms with van der Waals surface area (Å²) in [5, 5.41) is 2.04. The molecule has 2 aromatic carbocycles. The lowest BCUT2D eigenvalue weighted by molar-refractivity contribution is -0.145. The largest absolute Gasteiger partial charge is 0.455 e. The van der Waals surface area contributed by atoms with Crippen LogP contribution in [0.3, 0.4) is 0 Å². The first-order valence-electron chi connectivity index (χ1n) is 8.18. The first kappa shape index (κ1) is 22.8. The van der Waals surface area contributed by atoms with Gasteiger partial charge in [0.15, 0.2) is 6.61 Å². The predicted octanol–water partition coefficient (Wildman–Crippen LogP) is 3.95. The first-order chi connectivity index (χ1) is 13.7. The van der Waals surface area contributed by atoms with Crippen LogP contribution in [0, 0.1) is 6.92 Å². The second-order valence-electron chi connectivity index (χ2n) is 5.64. The fourth-order valence-corrected chi connectivity index (χ4v) is 3.40. The number of benzene rings is 2. The minimum atomic E-state index is -2.98. The number of esters is 1. The van der Waals surface area contributed by atoms with Crippen molar-refractivity contribution in [2.75, 3.05) is 12.4 Å². The van der Waals surface area contributed by atoms with Crippen LogP contribution < -0.4 is 10.1 Å². The number of hydrogen-bond acceptors (Lipinski definition) is 6. The van der Waals surface area contributed by atoms with Gasteiger partial charge in [0.05, 0.1) is 5.75 Å². The van der Waals surface area contributed by atoms with E-state index in [9.17, 15) is 23.2 Å². The van der Waals surface area contributed by atoms with Crippen molar-refractivity contribution < 1.29 is 32.6 Å². The SMILES string of the molecule is Cc1cc(Br)ccc1SCC(=O)OCC(=O)NC(=O)c1ccc(OC(F)F)cc1. The number of ether oxygens (including phenoxy) is 2. The maximum absolute atomic E-state index is 12.1. The Morgan fingerprint density at radius 1 is 1.14 bits per heavy atom. The molecule has 29 heavy (non-hydrogen) atoms. The highest BCUT2D eigenvalue weighted by atomic mass is 79.9. The van der Waals surface area contributed by atoms with Crippen molar-refractivity contribution in [2.45, 2.75) is 18.4 Å². The Balaban J connectivity index is 1.75. The molecule has 0 aliphatic rings. The van der Waals surface area contributed by atoms with Crippen molar-refractivity contribution in [1.29, 1.82) is 0 Å². The standard InChI is InChI=1S/C19H16BrF2NO5S/c1-11-8-13(20)4-7-15(11)29-10-17(25)27-9-16(24)23-18(26)12-2-5-14(6-3-12)28-19(21)22/h2-8,19H,9-10H2,1H3,(H,23,24,26). The molecule has 0 unspecified atom stereocenters. The highest BCUT2D eigenvalue weighted by Gasteiger charge is 2.14. The molecule has 0 aromatic heterocycles. The van der Waals surface area contributed by atoms with Gasteiger partial charge in [0, 0.05) is 14.9 Å². The molecule has 0 saturated heterocycles. The van der Waals surface area contributed by atoms with Crippen molar-refractivity contribution in [3.63, 3.8) is 0 Å². The van der Waals surface area contributed by atoms with Crippen LogP contribution in [-0.2, 0) is 14.3 Å². The normalized spacial score (nSPS) is 10.5. The summed E-state index contributed by atoms with van der Waals surface area (Å²) in [6.07, 6.45) is 0. The van der Waals surface area contributed by atoms with Crippen LogP contribution in [0.4, 0.5) is 8.78 Å². The van der Waals surface area contributed by atoms with E-state index < -0.39 is 31.0 Å². The van der Waals surface area contributed by atoms with Gasteiger partial charge in [-0.3, -0.25) is 19.7 Å². The molecule has 0 aliphatic carbocycles. The molecule has 154 valence electrons. The Morgan fingerprint density at radius 3 is 2.45 bits per heavy atom. The van der Waals surface area contributed by atoms with Crippen molar-refractivity contribution in [3.8, 4) is 5.75 Å². The van der Waals surface area contributed by atoms with E-state index in [-0.39, 0.29) is 17.1 Å². The van der Waals surface area contributed by atoms with E-state index in [0.717, 1.165) is 14.9 Å². The number of hydrogen-bond donors (Lipinski definition) is 1. The summed E-state index contributed by atoms with van der Waals surface area (Å²) >= 11 is 4.63. The van der Waals surface area contributed by atoms with Gasteiger partial charge in [-0.15, -0.1) is 11.8 Å². The third kappa shape index (κ3) is 7.82. The lowest BCUT2D eigenvalue weighted by atomic mass is 10.2. The Labute approximate surface area is 178 Å². The molecular formula is C19H16BrF2NO5S. The van der Waals surface area contributed by atoms with Gasteiger partial charge in [-0.25, -0.2) is 0 Å². The second-order valence-corrected chi connectivity index (χ2v) is 7.57. The molecule has 0 heterocycles. The molecule has 0 radical (unpaired) electrons. The minimum absolute atomic E-state index is 0.00922. The average molecular weight is 488 g/mol.